The fraction of sp³-hybridized carbons (Fsp3) is 0.571. The number of ether oxygens (including phenoxy) is 2. The zero-order valence-corrected chi connectivity index (χ0v) is 13.6. The zero-order valence-electron chi connectivity index (χ0n) is 12.8. The summed E-state index contributed by atoms with van der Waals surface area (Å²) >= 11 is 0. The van der Waals surface area contributed by atoms with Crippen molar-refractivity contribution >= 4 is 12.4 Å². The number of nitrogens with zero attached hydrogens (tertiary/aromatic N) is 1. The first-order valence-electron chi connectivity index (χ1n) is 6.85. The highest BCUT2D eigenvalue weighted by Gasteiger charge is 2.47. The summed E-state index contributed by atoms with van der Waals surface area (Å²) in [4.78, 5) is 1.29. The molecule has 1 aliphatic heterocycles. The third-order valence-corrected chi connectivity index (χ3v) is 3.65. The molecule has 23 heavy (non-hydrogen) atoms. The van der Waals surface area contributed by atoms with Crippen LogP contribution in [0.1, 0.15) is 11.6 Å². The van der Waals surface area contributed by atoms with E-state index in [0.29, 0.717) is 13.1 Å². The number of hydrogen-bond donors (Lipinski definition) is 2. The minimum absolute atomic E-state index is 0. The Morgan fingerprint density at radius 1 is 1.17 bits per heavy atom. The standard InChI is InChI=1S/C14H19F3N2O3.ClH/c1-21-9-7-10(20)12(11(8-9)22-2)13(14(15,16)17)19-5-3-18-4-6-19;/h7-8,13,18,20H,3-6H2,1-2H3;1H/t13-;/m0./s1. The van der Waals surface area contributed by atoms with E-state index in [4.69, 9.17) is 9.47 Å². The van der Waals surface area contributed by atoms with Crippen LogP contribution < -0.4 is 14.8 Å². The summed E-state index contributed by atoms with van der Waals surface area (Å²) in [5.41, 5.74) is -0.280. The van der Waals surface area contributed by atoms with E-state index in [-0.39, 0.29) is 42.6 Å². The first kappa shape index (κ1) is 19.7. The molecule has 1 heterocycles. The average molecular weight is 357 g/mol. The highest BCUT2D eigenvalue weighted by molar-refractivity contribution is 5.85. The molecule has 0 aliphatic carbocycles. The molecule has 2 N–H and O–H groups in total. The number of benzene rings is 1. The van der Waals surface area contributed by atoms with Gasteiger partial charge in [0.05, 0.1) is 19.8 Å². The van der Waals surface area contributed by atoms with Crippen LogP contribution in [0.25, 0.3) is 0 Å². The Morgan fingerprint density at radius 3 is 2.26 bits per heavy atom. The van der Waals surface area contributed by atoms with Crippen molar-refractivity contribution in [2.24, 2.45) is 0 Å². The predicted molar refractivity (Wildman–Crippen MR) is 81.7 cm³/mol. The van der Waals surface area contributed by atoms with Gasteiger partial charge in [-0.2, -0.15) is 13.2 Å². The van der Waals surface area contributed by atoms with E-state index in [0.717, 1.165) is 0 Å². The van der Waals surface area contributed by atoms with Crippen molar-refractivity contribution in [2.45, 2.75) is 12.2 Å². The van der Waals surface area contributed by atoms with E-state index in [1.54, 1.807) is 0 Å². The van der Waals surface area contributed by atoms with E-state index in [9.17, 15) is 18.3 Å². The summed E-state index contributed by atoms with van der Waals surface area (Å²) < 4.78 is 50.8. The summed E-state index contributed by atoms with van der Waals surface area (Å²) in [5.74, 6) is -0.297. The van der Waals surface area contributed by atoms with E-state index >= 15 is 0 Å². The Hall–Kier alpha value is -1.38. The monoisotopic (exact) mass is 356 g/mol. The summed E-state index contributed by atoms with van der Waals surface area (Å²) in [5, 5.41) is 13.1. The molecule has 9 heteroatoms. The van der Waals surface area contributed by atoms with Gasteiger partial charge in [-0.3, -0.25) is 4.90 Å². The molecule has 0 spiro atoms. The quantitative estimate of drug-likeness (QED) is 0.867. The number of rotatable bonds is 4. The number of phenols is 1. The molecule has 0 amide bonds. The van der Waals surface area contributed by atoms with Gasteiger partial charge in [0.15, 0.2) is 0 Å². The third-order valence-electron chi connectivity index (χ3n) is 3.65. The lowest BCUT2D eigenvalue weighted by atomic mass is 10.0. The van der Waals surface area contributed by atoms with Crippen molar-refractivity contribution in [1.82, 2.24) is 10.2 Å². The van der Waals surface area contributed by atoms with Crippen LogP contribution in [-0.2, 0) is 0 Å². The second-order valence-electron chi connectivity index (χ2n) is 4.99. The molecule has 1 aliphatic rings. The first-order valence-corrected chi connectivity index (χ1v) is 6.85. The maximum atomic E-state index is 13.6. The second-order valence-corrected chi connectivity index (χ2v) is 4.99. The first-order chi connectivity index (χ1) is 10.4. The topological polar surface area (TPSA) is 54.0 Å². The molecule has 1 aromatic rings. The van der Waals surface area contributed by atoms with Crippen LogP contribution in [0.4, 0.5) is 13.2 Å². The van der Waals surface area contributed by atoms with Gasteiger partial charge < -0.3 is 19.9 Å². The molecule has 0 unspecified atom stereocenters. The van der Waals surface area contributed by atoms with Crippen LogP contribution in [0, 0.1) is 0 Å². The molecule has 0 saturated carbocycles. The van der Waals surface area contributed by atoms with Gasteiger partial charge in [-0.15, -0.1) is 12.4 Å². The fourth-order valence-corrected chi connectivity index (χ4v) is 2.64. The summed E-state index contributed by atoms with van der Waals surface area (Å²) in [6.07, 6.45) is -4.53. The molecular weight excluding hydrogens is 337 g/mol. The Morgan fingerprint density at radius 2 is 1.78 bits per heavy atom. The Kier molecular flexibility index (Phi) is 6.79. The Balaban J connectivity index is 0.00000264. The number of nitrogens with one attached hydrogen (secondary N) is 1. The second kappa shape index (κ2) is 7.94. The summed E-state index contributed by atoms with van der Waals surface area (Å²) in [7, 11) is 2.63. The van der Waals surface area contributed by atoms with Crippen molar-refractivity contribution in [3.63, 3.8) is 0 Å². The van der Waals surface area contributed by atoms with Gasteiger partial charge in [-0.25, -0.2) is 0 Å². The molecule has 2 rings (SSSR count). The molecule has 0 radical (unpaired) electrons. The van der Waals surface area contributed by atoms with E-state index in [1.165, 1.54) is 31.3 Å². The number of piperazine rings is 1. The number of alkyl halides is 3. The molecule has 1 aromatic carbocycles. The van der Waals surface area contributed by atoms with Gasteiger partial charge in [-0.1, -0.05) is 0 Å². The van der Waals surface area contributed by atoms with Gasteiger partial charge in [0.1, 0.15) is 23.3 Å². The van der Waals surface area contributed by atoms with Crippen molar-refractivity contribution in [3.8, 4) is 17.2 Å². The molecule has 1 fully saturated rings. The van der Waals surface area contributed by atoms with Crippen LogP contribution in [-0.4, -0.2) is 56.6 Å². The smallest absolute Gasteiger partial charge is 0.408 e. The van der Waals surface area contributed by atoms with Crippen LogP contribution in [0.5, 0.6) is 17.2 Å². The van der Waals surface area contributed by atoms with Crippen molar-refractivity contribution in [2.75, 3.05) is 40.4 Å². The highest BCUT2D eigenvalue weighted by atomic mass is 35.5. The number of aromatic hydroxyl groups is 1. The number of hydrogen-bond acceptors (Lipinski definition) is 5. The number of methoxy groups -OCH3 is 2. The molecule has 5 nitrogen and oxygen atoms in total. The van der Waals surface area contributed by atoms with E-state index < -0.39 is 18.0 Å². The lowest BCUT2D eigenvalue weighted by Gasteiger charge is -2.36. The SMILES string of the molecule is COc1cc(O)c([C@H](N2CCNCC2)C(F)(F)F)c(OC)c1.Cl. The van der Waals surface area contributed by atoms with Crippen molar-refractivity contribution in [1.29, 1.82) is 0 Å². The van der Waals surface area contributed by atoms with Gasteiger partial charge in [0.25, 0.3) is 0 Å². The average Bonchev–Trinajstić information content (AvgIpc) is 2.48. The maximum Gasteiger partial charge on any atom is 0.408 e. The van der Waals surface area contributed by atoms with Crippen LogP contribution in [0.2, 0.25) is 0 Å². The zero-order chi connectivity index (χ0) is 16.3. The lowest BCUT2D eigenvalue weighted by molar-refractivity contribution is -0.188. The van der Waals surface area contributed by atoms with E-state index in [2.05, 4.69) is 5.32 Å². The van der Waals surface area contributed by atoms with Gasteiger partial charge in [0.2, 0.25) is 0 Å². The summed E-state index contributed by atoms with van der Waals surface area (Å²) in [6.45, 7) is 1.40. The minimum Gasteiger partial charge on any atom is -0.507 e. The van der Waals surface area contributed by atoms with Crippen LogP contribution in [0.3, 0.4) is 0 Å². The third kappa shape index (κ3) is 4.33. The van der Waals surface area contributed by atoms with Crippen molar-refractivity contribution < 1.29 is 27.8 Å². The minimum atomic E-state index is -4.53. The molecule has 1 atom stereocenters. The number of halogens is 4. The Labute approximate surface area is 138 Å². The lowest BCUT2D eigenvalue weighted by Crippen LogP contribution is -2.49. The van der Waals surface area contributed by atoms with E-state index in [1.807, 2.05) is 0 Å². The van der Waals surface area contributed by atoms with Crippen molar-refractivity contribution in [3.05, 3.63) is 17.7 Å². The molecule has 0 aromatic heterocycles. The molecule has 0 bridgehead atoms. The largest absolute Gasteiger partial charge is 0.507 e. The maximum absolute atomic E-state index is 13.6. The predicted octanol–water partition coefficient (Wildman–Crippen LogP) is 2.34. The highest BCUT2D eigenvalue weighted by Crippen LogP contribution is 2.47. The van der Waals surface area contributed by atoms with Gasteiger partial charge in [0, 0.05) is 38.3 Å². The molecule has 132 valence electrons. The number of phenolic OH excluding ortho intramolecular Hbond substituents is 1. The molecular formula is C14H20ClF3N2O3. The normalized spacial score (nSPS) is 17.3. The van der Waals surface area contributed by atoms with Gasteiger partial charge in [-0.05, 0) is 0 Å². The Bertz CT molecular complexity index is 523. The fourth-order valence-electron chi connectivity index (χ4n) is 2.64. The van der Waals surface area contributed by atoms with Gasteiger partial charge >= 0.3 is 6.18 Å². The van der Waals surface area contributed by atoms with Crippen LogP contribution >= 0.6 is 12.4 Å². The molecule has 1 saturated heterocycles. The van der Waals surface area contributed by atoms with Crippen LogP contribution in [0.15, 0.2) is 12.1 Å². The summed E-state index contributed by atoms with van der Waals surface area (Å²) in [6, 6.07) is 0.588.